The number of benzene rings is 1. The number of carbonyl (C=O) groups excluding carboxylic acids is 1. The van der Waals surface area contributed by atoms with Crippen molar-refractivity contribution in [1.82, 2.24) is 15.1 Å². The van der Waals surface area contributed by atoms with E-state index in [2.05, 4.69) is 10.4 Å². The first kappa shape index (κ1) is 16.6. The average Bonchev–Trinajstić information content (AvgIpc) is 3.12. The van der Waals surface area contributed by atoms with E-state index in [0.29, 0.717) is 16.9 Å². The van der Waals surface area contributed by atoms with E-state index in [1.54, 1.807) is 16.8 Å². The zero-order chi connectivity index (χ0) is 17.3. The summed E-state index contributed by atoms with van der Waals surface area (Å²) in [5, 5.41) is 16.9. The molecule has 0 radical (unpaired) electrons. The molecular weight excluding hydrogens is 309 g/mol. The molecule has 1 aromatic carbocycles. The largest absolute Gasteiger partial charge is 0.396 e. The Bertz CT molecular complexity index is 741. The minimum absolute atomic E-state index is 0.0384. The van der Waals surface area contributed by atoms with Crippen LogP contribution in [0.5, 0.6) is 0 Å². The third kappa shape index (κ3) is 2.94. The molecule has 1 amide bonds. The maximum absolute atomic E-state index is 13.1. The summed E-state index contributed by atoms with van der Waals surface area (Å²) in [5.41, 5.74) is 1.62. The van der Waals surface area contributed by atoms with Crippen molar-refractivity contribution in [3.63, 3.8) is 0 Å². The molecule has 1 saturated carbocycles. The van der Waals surface area contributed by atoms with Crippen molar-refractivity contribution in [2.45, 2.75) is 39.2 Å². The predicted molar refractivity (Wildman–Crippen MR) is 88.6 cm³/mol. The summed E-state index contributed by atoms with van der Waals surface area (Å²) in [6.07, 6.45) is 4.30. The lowest BCUT2D eigenvalue weighted by Gasteiger charge is -2.30. The number of nitrogens with zero attached hydrogens (tertiary/aromatic N) is 2. The highest BCUT2D eigenvalue weighted by molar-refractivity contribution is 5.95. The van der Waals surface area contributed by atoms with Gasteiger partial charge in [0.25, 0.3) is 5.91 Å². The van der Waals surface area contributed by atoms with Crippen molar-refractivity contribution in [1.29, 1.82) is 0 Å². The fourth-order valence-electron chi connectivity index (χ4n) is 3.38. The van der Waals surface area contributed by atoms with Gasteiger partial charge in [0.05, 0.1) is 29.7 Å². The quantitative estimate of drug-likeness (QED) is 0.905. The van der Waals surface area contributed by atoms with Crippen molar-refractivity contribution in [3.05, 3.63) is 47.5 Å². The van der Waals surface area contributed by atoms with Gasteiger partial charge in [0.2, 0.25) is 0 Å². The van der Waals surface area contributed by atoms with Crippen molar-refractivity contribution >= 4 is 5.91 Å². The second-order valence-electron chi connectivity index (χ2n) is 6.76. The number of hydrogen-bond acceptors (Lipinski definition) is 3. The second kappa shape index (κ2) is 6.36. The molecule has 6 heteroatoms. The van der Waals surface area contributed by atoms with E-state index in [0.717, 1.165) is 19.3 Å². The number of aliphatic hydroxyl groups is 1. The van der Waals surface area contributed by atoms with Crippen LogP contribution in [0.15, 0.2) is 30.5 Å². The molecule has 24 heavy (non-hydrogen) atoms. The van der Waals surface area contributed by atoms with Gasteiger partial charge in [-0.25, -0.2) is 9.07 Å². The van der Waals surface area contributed by atoms with E-state index >= 15 is 0 Å². The van der Waals surface area contributed by atoms with Crippen LogP contribution in [0.2, 0.25) is 0 Å². The lowest BCUT2D eigenvalue weighted by Crippen LogP contribution is -2.44. The molecule has 0 spiro atoms. The molecule has 0 aliphatic heterocycles. The van der Waals surface area contributed by atoms with Gasteiger partial charge in [0.1, 0.15) is 5.82 Å². The molecule has 2 unspecified atom stereocenters. The summed E-state index contributed by atoms with van der Waals surface area (Å²) in [7, 11) is 0. The van der Waals surface area contributed by atoms with Gasteiger partial charge in [-0.15, -0.1) is 0 Å². The first-order chi connectivity index (χ1) is 11.4. The highest BCUT2D eigenvalue weighted by Gasteiger charge is 2.39. The highest BCUT2D eigenvalue weighted by atomic mass is 19.1. The molecule has 2 aromatic rings. The van der Waals surface area contributed by atoms with Gasteiger partial charge in [0, 0.05) is 11.5 Å². The summed E-state index contributed by atoms with van der Waals surface area (Å²) in [6.45, 7) is 3.87. The molecule has 5 nitrogen and oxygen atoms in total. The first-order valence-corrected chi connectivity index (χ1v) is 8.17. The zero-order valence-corrected chi connectivity index (χ0v) is 13.9. The van der Waals surface area contributed by atoms with Crippen LogP contribution in [-0.4, -0.2) is 33.4 Å². The topological polar surface area (TPSA) is 67.2 Å². The third-order valence-corrected chi connectivity index (χ3v) is 5.07. The Morgan fingerprint density at radius 1 is 1.46 bits per heavy atom. The summed E-state index contributed by atoms with van der Waals surface area (Å²) in [4.78, 5) is 12.6. The summed E-state index contributed by atoms with van der Waals surface area (Å²) < 4.78 is 14.7. The van der Waals surface area contributed by atoms with E-state index in [1.807, 2.05) is 13.8 Å². The van der Waals surface area contributed by atoms with Crippen molar-refractivity contribution in [2.24, 2.45) is 5.41 Å². The zero-order valence-electron chi connectivity index (χ0n) is 13.9. The van der Waals surface area contributed by atoms with Crippen LogP contribution in [0.1, 0.15) is 42.2 Å². The molecule has 0 saturated heterocycles. The van der Waals surface area contributed by atoms with E-state index < -0.39 is 0 Å². The molecule has 1 fully saturated rings. The molecule has 2 atom stereocenters. The van der Waals surface area contributed by atoms with Gasteiger partial charge in [-0.05, 0) is 44.0 Å². The minimum Gasteiger partial charge on any atom is -0.396 e. The molecule has 1 aliphatic carbocycles. The molecule has 1 aromatic heterocycles. The maximum atomic E-state index is 13.1. The Morgan fingerprint density at radius 3 is 2.83 bits per heavy atom. The van der Waals surface area contributed by atoms with Crippen LogP contribution in [-0.2, 0) is 0 Å². The monoisotopic (exact) mass is 331 g/mol. The van der Waals surface area contributed by atoms with Crippen LogP contribution < -0.4 is 5.32 Å². The van der Waals surface area contributed by atoms with E-state index in [4.69, 9.17) is 0 Å². The third-order valence-electron chi connectivity index (χ3n) is 5.07. The van der Waals surface area contributed by atoms with Crippen molar-refractivity contribution in [2.75, 3.05) is 6.61 Å². The Kier molecular flexibility index (Phi) is 4.41. The van der Waals surface area contributed by atoms with E-state index in [-0.39, 0.29) is 29.8 Å². The highest BCUT2D eigenvalue weighted by Crippen LogP contribution is 2.37. The Labute approximate surface area is 140 Å². The van der Waals surface area contributed by atoms with Gasteiger partial charge in [-0.1, -0.05) is 13.3 Å². The number of halogens is 1. The number of aromatic nitrogens is 2. The lowest BCUT2D eigenvalue weighted by atomic mass is 9.85. The fourth-order valence-corrected chi connectivity index (χ4v) is 3.38. The van der Waals surface area contributed by atoms with Gasteiger partial charge in [-0.2, -0.15) is 5.10 Å². The smallest absolute Gasteiger partial charge is 0.254 e. The number of carbonyl (C=O) groups is 1. The van der Waals surface area contributed by atoms with Gasteiger partial charge in [0.15, 0.2) is 0 Å². The molecule has 2 N–H and O–H groups in total. The number of rotatable bonds is 4. The van der Waals surface area contributed by atoms with Gasteiger partial charge >= 0.3 is 0 Å². The summed E-state index contributed by atoms with van der Waals surface area (Å²) >= 11 is 0. The van der Waals surface area contributed by atoms with Gasteiger partial charge < -0.3 is 10.4 Å². The van der Waals surface area contributed by atoms with Gasteiger partial charge in [-0.3, -0.25) is 4.79 Å². The lowest BCUT2D eigenvalue weighted by molar-refractivity contribution is 0.0830. The van der Waals surface area contributed by atoms with Crippen molar-refractivity contribution < 1.29 is 14.3 Å². The van der Waals surface area contributed by atoms with Crippen LogP contribution in [0.3, 0.4) is 0 Å². The Hall–Kier alpha value is -2.21. The van der Waals surface area contributed by atoms with Crippen molar-refractivity contribution in [3.8, 4) is 5.69 Å². The number of aliphatic hydroxyl groups excluding tert-OH is 1. The molecule has 128 valence electrons. The normalized spacial score (nSPS) is 23.4. The average molecular weight is 331 g/mol. The standard InChI is InChI=1S/C18H22FN3O2/c1-12-15(10-20-22(12)14-7-5-13(19)6-8-14)17(24)21-16-4-3-9-18(16,2)11-23/h5-8,10,16,23H,3-4,9,11H2,1-2H3,(H,21,24). The SMILES string of the molecule is Cc1c(C(=O)NC2CCCC2(C)CO)cnn1-c1ccc(F)cc1. The van der Waals surface area contributed by atoms with Crippen LogP contribution >= 0.6 is 0 Å². The maximum Gasteiger partial charge on any atom is 0.254 e. The number of hydrogen-bond donors (Lipinski definition) is 2. The predicted octanol–water partition coefficient (Wildman–Crippen LogP) is 2.60. The molecular formula is C18H22FN3O2. The summed E-state index contributed by atoms with van der Waals surface area (Å²) in [5.74, 6) is -0.501. The Balaban J connectivity index is 1.80. The van der Waals surface area contributed by atoms with E-state index in [1.165, 1.54) is 18.3 Å². The first-order valence-electron chi connectivity index (χ1n) is 8.17. The van der Waals surface area contributed by atoms with E-state index in [9.17, 15) is 14.3 Å². The fraction of sp³-hybridized carbons (Fsp3) is 0.444. The van der Waals surface area contributed by atoms with Crippen LogP contribution in [0, 0.1) is 18.2 Å². The molecule has 1 aliphatic rings. The Morgan fingerprint density at radius 2 is 2.17 bits per heavy atom. The second-order valence-corrected chi connectivity index (χ2v) is 6.76. The minimum atomic E-state index is -0.314. The van der Waals surface area contributed by atoms with Crippen LogP contribution in [0.4, 0.5) is 4.39 Å². The number of amides is 1. The summed E-state index contributed by atoms with van der Waals surface area (Å²) in [6, 6.07) is 5.93. The number of nitrogens with one attached hydrogen (secondary N) is 1. The van der Waals surface area contributed by atoms with Crippen LogP contribution in [0.25, 0.3) is 5.69 Å². The molecule has 0 bridgehead atoms. The molecule has 3 rings (SSSR count). The molecule has 1 heterocycles.